The Labute approximate surface area is 106 Å². The Morgan fingerprint density at radius 1 is 1.39 bits per heavy atom. The molecule has 0 aliphatic carbocycles. The van der Waals surface area contributed by atoms with Crippen molar-refractivity contribution in [1.82, 2.24) is 0 Å². The Morgan fingerprint density at radius 2 is 2.11 bits per heavy atom. The summed E-state index contributed by atoms with van der Waals surface area (Å²) in [7, 11) is 0. The number of benzene rings is 1. The summed E-state index contributed by atoms with van der Waals surface area (Å²) in [6.45, 7) is 4.22. The number of carbonyl (C=O) groups is 2. The number of hydrogen-bond acceptors (Lipinski definition) is 2. The lowest BCUT2D eigenvalue weighted by Gasteiger charge is -2.31. The summed E-state index contributed by atoms with van der Waals surface area (Å²) < 4.78 is 0. The molecule has 4 heteroatoms. The van der Waals surface area contributed by atoms with Crippen LogP contribution in [0, 0.1) is 19.8 Å². The Kier molecular flexibility index (Phi) is 3.36. The molecule has 1 atom stereocenters. The second-order valence-electron chi connectivity index (χ2n) is 4.87. The molecule has 1 saturated heterocycles. The van der Waals surface area contributed by atoms with Gasteiger partial charge in [-0.15, -0.1) is 0 Å². The van der Waals surface area contributed by atoms with E-state index in [9.17, 15) is 9.59 Å². The van der Waals surface area contributed by atoms with E-state index in [0.29, 0.717) is 12.8 Å². The van der Waals surface area contributed by atoms with E-state index < -0.39 is 11.9 Å². The molecule has 1 unspecified atom stereocenters. The van der Waals surface area contributed by atoms with Gasteiger partial charge in [-0.1, -0.05) is 17.7 Å². The number of rotatable bonds is 2. The van der Waals surface area contributed by atoms with Gasteiger partial charge in [0.05, 0.1) is 5.92 Å². The second kappa shape index (κ2) is 4.80. The van der Waals surface area contributed by atoms with E-state index in [1.54, 1.807) is 4.90 Å². The summed E-state index contributed by atoms with van der Waals surface area (Å²) in [5, 5.41) is 9.06. The number of carboxylic acids is 1. The fourth-order valence-electron chi connectivity index (χ4n) is 2.39. The first-order valence-corrected chi connectivity index (χ1v) is 6.09. The Hall–Kier alpha value is -1.84. The Balaban J connectivity index is 2.29. The zero-order valence-electron chi connectivity index (χ0n) is 10.6. The van der Waals surface area contributed by atoms with E-state index in [2.05, 4.69) is 0 Å². The highest BCUT2D eigenvalue weighted by atomic mass is 16.4. The summed E-state index contributed by atoms with van der Waals surface area (Å²) in [5.41, 5.74) is 2.97. The summed E-state index contributed by atoms with van der Waals surface area (Å²) in [5.74, 6) is -1.26. The normalized spacial score (nSPS) is 20.0. The molecule has 1 amide bonds. The van der Waals surface area contributed by atoms with Gasteiger partial charge in [0.1, 0.15) is 0 Å². The van der Waals surface area contributed by atoms with Crippen molar-refractivity contribution in [3.05, 3.63) is 29.3 Å². The summed E-state index contributed by atoms with van der Waals surface area (Å²) >= 11 is 0. The summed E-state index contributed by atoms with van der Waals surface area (Å²) in [6.07, 6.45) is 0.750. The minimum absolute atomic E-state index is 0.0134. The van der Waals surface area contributed by atoms with Gasteiger partial charge in [-0.2, -0.15) is 0 Å². The lowest BCUT2D eigenvalue weighted by Crippen LogP contribution is -2.43. The third-order valence-electron chi connectivity index (χ3n) is 3.40. The molecule has 0 spiro atoms. The van der Waals surface area contributed by atoms with Crippen molar-refractivity contribution >= 4 is 17.6 Å². The van der Waals surface area contributed by atoms with Crippen LogP contribution in [-0.4, -0.2) is 23.5 Å². The number of carboxylic acid groups (broad SMARTS) is 1. The van der Waals surface area contributed by atoms with Crippen molar-refractivity contribution in [2.75, 3.05) is 11.4 Å². The second-order valence-corrected chi connectivity index (χ2v) is 4.87. The van der Waals surface area contributed by atoms with E-state index in [4.69, 9.17) is 5.11 Å². The number of hydrogen-bond donors (Lipinski definition) is 1. The Morgan fingerprint density at radius 3 is 2.72 bits per heavy atom. The molecule has 0 radical (unpaired) electrons. The monoisotopic (exact) mass is 247 g/mol. The molecule has 1 heterocycles. The van der Waals surface area contributed by atoms with Crippen molar-refractivity contribution in [3.63, 3.8) is 0 Å². The summed E-state index contributed by atoms with van der Waals surface area (Å²) in [6, 6.07) is 5.85. The van der Waals surface area contributed by atoms with Crippen LogP contribution in [0.1, 0.15) is 24.0 Å². The molecule has 0 bridgehead atoms. The molecule has 18 heavy (non-hydrogen) atoms. The highest BCUT2D eigenvalue weighted by Crippen LogP contribution is 2.27. The lowest BCUT2D eigenvalue weighted by atomic mass is 9.96. The maximum atomic E-state index is 11.9. The van der Waals surface area contributed by atoms with Crippen molar-refractivity contribution in [1.29, 1.82) is 0 Å². The van der Waals surface area contributed by atoms with Crippen molar-refractivity contribution in [3.8, 4) is 0 Å². The van der Waals surface area contributed by atoms with Crippen LogP contribution >= 0.6 is 0 Å². The van der Waals surface area contributed by atoms with Gasteiger partial charge in [0, 0.05) is 18.7 Å². The van der Waals surface area contributed by atoms with Gasteiger partial charge in [0.15, 0.2) is 0 Å². The molecule has 4 nitrogen and oxygen atoms in total. The number of nitrogens with zero attached hydrogens (tertiary/aromatic N) is 1. The van der Waals surface area contributed by atoms with Crippen LogP contribution in [-0.2, 0) is 9.59 Å². The molecule has 1 aromatic carbocycles. The SMILES string of the molecule is Cc1ccc(N2CC(C(=O)O)CCC2=O)c(C)c1. The average Bonchev–Trinajstić information content (AvgIpc) is 2.30. The number of aliphatic carboxylic acids is 1. The van der Waals surface area contributed by atoms with E-state index in [0.717, 1.165) is 16.8 Å². The third-order valence-corrected chi connectivity index (χ3v) is 3.40. The molecule has 96 valence electrons. The molecular formula is C14H17NO3. The molecule has 2 rings (SSSR count). The quantitative estimate of drug-likeness (QED) is 0.871. The van der Waals surface area contributed by atoms with E-state index in [1.807, 2.05) is 32.0 Å². The van der Waals surface area contributed by atoms with Gasteiger partial charge in [0.2, 0.25) is 5.91 Å². The topological polar surface area (TPSA) is 57.6 Å². The van der Waals surface area contributed by atoms with Gasteiger partial charge in [0.25, 0.3) is 0 Å². The number of piperidine rings is 1. The molecule has 1 aliphatic rings. The maximum absolute atomic E-state index is 11.9. The zero-order chi connectivity index (χ0) is 13.3. The van der Waals surface area contributed by atoms with Crippen molar-refractivity contribution in [2.45, 2.75) is 26.7 Å². The number of aryl methyl sites for hydroxylation is 2. The van der Waals surface area contributed by atoms with Crippen LogP contribution in [0.25, 0.3) is 0 Å². The van der Waals surface area contributed by atoms with Crippen LogP contribution in [0.4, 0.5) is 5.69 Å². The maximum Gasteiger partial charge on any atom is 0.308 e. The minimum atomic E-state index is -0.822. The summed E-state index contributed by atoms with van der Waals surface area (Å²) in [4.78, 5) is 24.6. The van der Waals surface area contributed by atoms with Crippen LogP contribution in [0.5, 0.6) is 0 Å². The average molecular weight is 247 g/mol. The van der Waals surface area contributed by atoms with Gasteiger partial charge in [-0.3, -0.25) is 9.59 Å². The first-order valence-electron chi connectivity index (χ1n) is 6.09. The van der Waals surface area contributed by atoms with Crippen LogP contribution < -0.4 is 4.90 Å². The largest absolute Gasteiger partial charge is 0.481 e. The third kappa shape index (κ3) is 2.37. The van der Waals surface area contributed by atoms with E-state index >= 15 is 0 Å². The Bertz CT molecular complexity index is 496. The highest BCUT2D eigenvalue weighted by molar-refractivity contribution is 5.96. The molecule has 1 fully saturated rings. The molecule has 0 saturated carbocycles. The minimum Gasteiger partial charge on any atom is -0.481 e. The molecule has 1 aromatic rings. The highest BCUT2D eigenvalue weighted by Gasteiger charge is 2.31. The molecule has 1 N–H and O–H groups in total. The van der Waals surface area contributed by atoms with Crippen molar-refractivity contribution < 1.29 is 14.7 Å². The molecular weight excluding hydrogens is 230 g/mol. The van der Waals surface area contributed by atoms with Gasteiger partial charge >= 0.3 is 5.97 Å². The van der Waals surface area contributed by atoms with E-state index in [1.165, 1.54) is 0 Å². The number of carbonyl (C=O) groups excluding carboxylic acids is 1. The predicted molar refractivity (Wildman–Crippen MR) is 68.6 cm³/mol. The molecule has 0 aromatic heterocycles. The fraction of sp³-hybridized carbons (Fsp3) is 0.429. The van der Waals surface area contributed by atoms with Crippen molar-refractivity contribution in [2.24, 2.45) is 5.92 Å². The van der Waals surface area contributed by atoms with Gasteiger partial charge in [-0.05, 0) is 31.9 Å². The lowest BCUT2D eigenvalue weighted by molar-refractivity contribution is -0.142. The van der Waals surface area contributed by atoms with Crippen LogP contribution in [0.3, 0.4) is 0 Å². The first-order chi connectivity index (χ1) is 8.49. The van der Waals surface area contributed by atoms with E-state index in [-0.39, 0.29) is 12.5 Å². The standard InChI is InChI=1S/C14H17NO3/c1-9-3-5-12(10(2)7-9)15-8-11(14(17)18)4-6-13(15)16/h3,5,7,11H,4,6,8H2,1-2H3,(H,17,18). The number of anilines is 1. The smallest absolute Gasteiger partial charge is 0.308 e. The fourth-order valence-corrected chi connectivity index (χ4v) is 2.39. The number of amides is 1. The predicted octanol–water partition coefficient (Wildman–Crippen LogP) is 2.13. The van der Waals surface area contributed by atoms with Gasteiger partial charge < -0.3 is 10.0 Å². The van der Waals surface area contributed by atoms with Crippen LogP contribution in [0.15, 0.2) is 18.2 Å². The first kappa shape index (κ1) is 12.6. The zero-order valence-corrected chi connectivity index (χ0v) is 10.6. The van der Waals surface area contributed by atoms with Crippen LogP contribution in [0.2, 0.25) is 0 Å². The molecule has 1 aliphatic heterocycles. The van der Waals surface area contributed by atoms with Gasteiger partial charge in [-0.25, -0.2) is 0 Å².